The van der Waals surface area contributed by atoms with Crippen LogP contribution >= 0.6 is 0 Å². The van der Waals surface area contributed by atoms with Gasteiger partial charge in [-0.25, -0.2) is 0 Å². The molecule has 2 aliphatic rings. The Morgan fingerprint density at radius 3 is 1.41 bits per heavy atom. The van der Waals surface area contributed by atoms with Crippen LogP contribution in [0, 0.1) is 20.8 Å². The van der Waals surface area contributed by atoms with E-state index in [0.717, 1.165) is 11.8 Å². The maximum atomic E-state index is 2.36. The van der Waals surface area contributed by atoms with E-state index in [9.17, 15) is 0 Å². The minimum absolute atomic E-state index is 0.879. The van der Waals surface area contributed by atoms with E-state index in [1.165, 1.54) is 55.2 Å². The first-order valence-electron chi connectivity index (χ1n) is 11.3. The molecule has 0 nitrogen and oxygen atoms in total. The van der Waals surface area contributed by atoms with E-state index in [0.29, 0.717) is 0 Å². The molecule has 0 bridgehead atoms. The van der Waals surface area contributed by atoms with Crippen molar-refractivity contribution in [3.8, 4) is 0 Å². The van der Waals surface area contributed by atoms with E-state index in [1.54, 1.807) is 11.1 Å². The van der Waals surface area contributed by atoms with Crippen LogP contribution in [0.25, 0.3) is 0 Å². The van der Waals surface area contributed by atoms with Crippen molar-refractivity contribution in [3.63, 3.8) is 0 Å². The molecule has 4 rings (SSSR count). The molecule has 0 atom stereocenters. The van der Waals surface area contributed by atoms with E-state index in [2.05, 4.69) is 63.2 Å². The Kier molecular flexibility index (Phi) is 11.1. The zero-order valence-corrected chi connectivity index (χ0v) is 18.9. The lowest BCUT2D eigenvalue weighted by atomic mass is 9.79. The normalized spacial score (nSPS) is 15.5. The molecule has 0 amide bonds. The third-order valence-corrected chi connectivity index (χ3v) is 5.76. The van der Waals surface area contributed by atoms with Crippen molar-refractivity contribution in [3.05, 3.63) is 70.3 Å². The Morgan fingerprint density at radius 1 is 0.556 bits per heavy atom. The van der Waals surface area contributed by atoms with Gasteiger partial charge >= 0.3 is 0 Å². The molecule has 150 valence electrons. The zero-order valence-electron chi connectivity index (χ0n) is 18.9. The van der Waals surface area contributed by atoms with Gasteiger partial charge in [-0.15, -0.1) is 0 Å². The van der Waals surface area contributed by atoms with Crippen molar-refractivity contribution in [2.24, 2.45) is 0 Å². The second-order valence-corrected chi connectivity index (χ2v) is 7.51. The third kappa shape index (κ3) is 7.17. The molecule has 0 heterocycles. The summed E-state index contributed by atoms with van der Waals surface area (Å²) in [6.45, 7) is 14.5. The van der Waals surface area contributed by atoms with Crippen LogP contribution in [0.3, 0.4) is 0 Å². The molecule has 0 aliphatic heterocycles. The first kappa shape index (κ1) is 23.5. The molecule has 2 aromatic rings. The second kappa shape index (κ2) is 12.8. The van der Waals surface area contributed by atoms with Crippen LogP contribution in [-0.4, -0.2) is 0 Å². The number of hydrogen-bond donors (Lipinski definition) is 0. The molecular formula is C27H42. The van der Waals surface area contributed by atoms with E-state index in [1.807, 2.05) is 27.7 Å². The fourth-order valence-electron chi connectivity index (χ4n) is 3.34. The molecule has 2 saturated carbocycles. The highest BCUT2D eigenvalue weighted by Crippen LogP contribution is 2.37. The lowest BCUT2D eigenvalue weighted by molar-refractivity contribution is 0.419. The highest BCUT2D eigenvalue weighted by Gasteiger charge is 2.19. The molecule has 27 heavy (non-hydrogen) atoms. The van der Waals surface area contributed by atoms with Gasteiger partial charge < -0.3 is 0 Å². The summed E-state index contributed by atoms with van der Waals surface area (Å²) in [4.78, 5) is 0. The number of rotatable bonds is 2. The van der Waals surface area contributed by atoms with Crippen molar-refractivity contribution in [1.29, 1.82) is 0 Å². The molecule has 0 aromatic heterocycles. The van der Waals surface area contributed by atoms with E-state index < -0.39 is 0 Å². The van der Waals surface area contributed by atoms with Gasteiger partial charge in [-0.05, 0) is 80.5 Å². The molecule has 0 radical (unpaired) electrons. The minimum atomic E-state index is 0.879. The SMILES string of the molecule is CC.CC.Cc1ccc(C2CCC2)cc1.Cc1ccc(C2CCC2)cc1C. The summed E-state index contributed by atoms with van der Waals surface area (Å²) in [6.07, 6.45) is 8.48. The highest BCUT2D eigenvalue weighted by atomic mass is 14.2. The van der Waals surface area contributed by atoms with Gasteiger partial charge in [0.2, 0.25) is 0 Å². The van der Waals surface area contributed by atoms with Crippen LogP contribution in [0.2, 0.25) is 0 Å². The van der Waals surface area contributed by atoms with Crippen LogP contribution in [0.5, 0.6) is 0 Å². The second-order valence-electron chi connectivity index (χ2n) is 7.51. The average Bonchev–Trinajstić information content (AvgIpc) is 2.61. The Hall–Kier alpha value is -1.56. The first-order valence-corrected chi connectivity index (χ1v) is 11.3. The Labute approximate surface area is 169 Å². The third-order valence-electron chi connectivity index (χ3n) is 5.76. The van der Waals surface area contributed by atoms with Crippen molar-refractivity contribution in [2.45, 2.75) is 98.8 Å². The summed E-state index contributed by atoms with van der Waals surface area (Å²) in [6, 6.07) is 15.9. The molecule has 0 unspecified atom stereocenters. The first-order chi connectivity index (χ1) is 13.1. The summed E-state index contributed by atoms with van der Waals surface area (Å²) in [5, 5.41) is 0. The molecule has 0 heteroatoms. The predicted molar refractivity (Wildman–Crippen MR) is 123 cm³/mol. The average molecular weight is 367 g/mol. The molecule has 2 fully saturated rings. The quantitative estimate of drug-likeness (QED) is 0.497. The lowest BCUT2D eigenvalue weighted by Gasteiger charge is -2.26. The molecule has 2 aromatic carbocycles. The molecule has 0 N–H and O–H groups in total. The van der Waals surface area contributed by atoms with Crippen LogP contribution < -0.4 is 0 Å². The van der Waals surface area contributed by atoms with Gasteiger partial charge in [0.25, 0.3) is 0 Å². The number of hydrogen-bond acceptors (Lipinski definition) is 0. The maximum absolute atomic E-state index is 2.36. The Bertz CT molecular complexity index is 628. The minimum Gasteiger partial charge on any atom is -0.0683 e. The van der Waals surface area contributed by atoms with Gasteiger partial charge in [-0.1, -0.05) is 88.6 Å². The van der Waals surface area contributed by atoms with Crippen molar-refractivity contribution in [2.75, 3.05) is 0 Å². The van der Waals surface area contributed by atoms with Gasteiger partial charge in [0.15, 0.2) is 0 Å². The van der Waals surface area contributed by atoms with E-state index >= 15 is 0 Å². The fraction of sp³-hybridized carbons (Fsp3) is 0.556. The molecule has 0 saturated heterocycles. The van der Waals surface area contributed by atoms with Crippen molar-refractivity contribution < 1.29 is 0 Å². The van der Waals surface area contributed by atoms with Crippen LogP contribution in [0.4, 0.5) is 0 Å². The van der Waals surface area contributed by atoms with E-state index in [-0.39, 0.29) is 0 Å². The topological polar surface area (TPSA) is 0 Å². The largest absolute Gasteiger partial charge is 0.0683 e. The monoisotopic (exact) mass is 366 g/mol. The van der Waals surface area contributed by atoms with Gasteiger partial charge in [-0.3, -0.25) is 0 Å². The number of aryl methyl sites for hydroxylation is 3. The Morgan fingerprint density at radius 2 is 1.00 bits per heavy atom. The van der Waals surface area contributed by atoms with Crippen molar-refractivity contribution in [1.82, 2.24) is 0 Å². The van der Waals surface area contributed by atoms with Crippen molar-refractivity contribution >= 4 is 0 Å². The van der Waals surface area contributed by atoms with E-state index in [4.69, 9.17) is 0 Å². The lowest BCUT2D eigenvalue weighted by Crippen LogP contribution is -2.08. The highest BCUT2D eigenvalue weighted by molar-refractivity contribution is 5.32. The maximum Gasteiger partial charge on any atom is -0.0162 e. The molecule has 0 spiro atoms. The summed E-state index contributed by atoms with van der Waals surface area (Å²) in [5.74, 6) is 1.76. The van der Waals surface area contributed by atoms with Gasteiger partial charge in [0, 0.05) is 0 Å². The van der Waals surface area contributed by atoms with Gasteiger partial charge in [-0.2, -0.15) is 0 Å². The zero-order chi connectivity index (χ0) is 20.2. The standard InChI is InChI=1S/C12H16.C11H14.2C2H6/c1-9-6-7-12(8-10(9)2)11-4-3-5-11;1-9-5-7-11(8-6-9)10-3-2-4-10;2*1-2/h6-8,11H,3-5H2,1-2H3;5-8,10H,2-4H2,1H3;2*1-2H3. The van der Waals surface area contributed by atoms with Crippen LogP contribution in [0.15, 0.2) is 42.5 Å². The Balaban J connectivity index is 0.000000229. The van der Waals surface area contributed by atoms with Gasteiger partial charge in [0.1, 0.15) is 0 Å². The summed E-state index contributed by atoms with van der Waals surface area (Å²) in [5.41, 5.74) is 7.33. The molecule has 2 aliphatic carbocycles. The predicted octanol–water partition coefficient (Wildman–Crippen LogP) is 8.89. The summed E-state index contributed by atoms with van der Waals surface area (Å²) >= 11 is 0. The van der Waals surface area contributed by atoms with Crippen LogP contribution in [-0.2, 0) is 0 Å². The number of benzene rings is 2. The smallest absolute Gasteiger partial charge is 0.0162 e. The molecular weight excluding hydrogens is 324 g/mol. The summed E-state index contributed by atoms with van der Waals surface area (Å²) < 4.78 is 0. The summed E-state index contributed by atoms with van der Waals surface area (Å²) in [7, 11) is 0. The van der Waals surface area contributed by atoms with Crippen LogP contribution in [0.1, 0.15) is 106 Å². The fourth-order valence-corrected chi connectivity index (χ4v) is 3.34. The van der Waals surface area contributed by atoms with Gasteiger partial charge in [0.05, 0.1) is 0 Å².